The number of ether oxygens (including phenoxy) is 1. The highest BCUT2D eigenvalue weighted by Crippen LogP contribution is 2.23. The molecule has 0 aliphatic rings. The Kier molecular flexibility index (Phi) is 6.25. The van der Waals surface area contributed by atoms with E-state index in [1.807, 2.05) is 30.5 Å². The quantitative estimate of drug-likeness (QED) is 0.365. The Balaban J connectivity index is 1.92. The van der Waals surface area contributed by atoms with Crippen molar-refractivity contribution in [3.63, 3.8) is 0 Å². The van der Waals surface area contributed by atoms with Crippen molar-refractivity contribution in [2.45, 2.75) is 31.8 Å². The Morgan fingerprint density at radius 2 is 2.14 bits per heavy atom. The lowest BCUT2D eigenvalue weighted by molar-refractivity contribution is 0.0526. The van der Waals surface area contributed by atoms with Crippen molar-refractivity contribution in [2.75, 3.05) is 18.2 Å². The van der Waals surface area contributed by atoms with Crippen LogP contribution in [0, 0.1) is 0 Å². The summed E-state index contributed by atoms with van der Waals surface area (Å²) in [6.07, 6.45) is 5.12. The highest BCUT2D eigenvalue weighted by molar-refractivity contribution is 7.98. The molecule has 9 heteroatoms. The van der Waals surface area contributed by atoms with E-state index in [9.17, 15) is 4.79 Å². The lowest BCUT2D eigenvalue weighted by Crippen LogP contribution is -2.11. The summed E-state index contributed by atoms with van der Waals surface area (Å²) in [7, 11) is 0. The van der Waals surface area contributed by atoms with E-state index in [0.717, 1.165) is 17.1 Å². The van der Waals surface area contributed by atoms with E-state index in [-0.39, 0.29) is 12.2 Å². The predicted octanol–water partition coefficient (Wildman–Crippen LogP) is 3.82. The van der Waals surface area contributed by atoms with Crippen LogP contribution in [-0.2, 0) is 4.74 Å². The highest BCUT2D eigenvalue weighted by Gasteiger charge is 2.16. The van der Waals surface area contributed by atoms with Crippen LogP contribution in [0.4, 0.5) is 11.5 Å². The number of hydrogen-bond acceptors (Lipinski definition) is 8. The van der Waals surface area contributed by atoms with E-state index >= 15 is 0 Å². The van der Waals surface area contributed by atoms with Gasteiger partial charge in [-0.3, -0.25) is 0 Å². The molecule has 2 aromatic heterocycles. The minimum Gasteiger partial charge on any atom is -0.462 e. The Bertz CT molecular complexity index is 973. The van der Waals surface area contributed by atoms with Crippen molar-refractivity contribution < 1.29 is 9.53 Å². The fourth-order valence-corrected chi connectivity index (χ4v) is 2.77. The number of aromatic nitrogens is 5. The molecule has 0 unspecified atom stereocenters. The van der Waals surface area contributed by atoms with Gasteiger partial charge in [0, 0.05) is 11.9 Å². The van der Waals surface area contributed by atoms with Gasteiger partial charge in [0.05, 0.1) is 24.2 Å². The lowest BCUT2D eigenvalue weighted by atomic mass is 10.2. The van der Waals surface area contributed by atoms with Gasteiger partial charge in [-0.1, -0.05) is 31.7 Å². The number of esters is 1. The lowest BCUT2D eigenvalue weighted by Gasteiger charge is -2.12. The van der Waals surface area contributed by atoms with Gasteiger partial charge in [-0.15, -0.1) is 0 Å². The summed E-state index contributed by atoms with van der Waals surface area (Å²) in [5, 5.41) is 12.6. The Hall–Kier alpha value is -2.94. The van der Waals surface area contributed by atoms with Crippen LogP contribution in [0.1, 0.15) is 42.7 Å². The van der Waals surface area contributed by atoms with E-state index in [4.69, 9.17) is 4.74 Å². The van der Waals surface area contributed by atoms with Crippen molar-refractivity contribution in [2.24, 2.45) is 0 Å². The number of nitrogens with one attached hydrogen (secondary N) is 1. The molecule has 0 radical (unpaired) electrons. The van der Waals surface area contributed by atoms with Gasteiger partial charge in [-0.05, 0) is 37.3 Å². The van der Waals surface area contributed by atoms with Gasteiger partial charge in [0.1, 0.15) is 11.4 Å². The van der Waals surface area contributed by atoms with Gasteiger partial charge in [-0.2, -0.15) is 15.0 Å². The van der Waals surface area contributed by atoms with Crippen LogP contribution in [0.25, 0.3) is 5.69 Å². The third-order valence-electron chi connectivity index (χ3n) is 3.89. The van der Waals surface area contributed by atoms with Gasteiger partial charge in [0.25, 0.3) is 0 Å². The van der Waals surface area contributed by atoms with Crippen LogP contribution in [0.15, 0.2) is 41.8 Å². The molecule has 146 valence electrons. The molecule has 0 aliphatic carbocycles. The fourth-order valence-electron chi connectivity index (χ4n) is 2.43. The first-order valence-corrected chi connectivity index (χ1v) is 10.1. The zero-order chi connectivity index (χ0) is 20.1. The van der Waals surface area contributed by atoms with Crippen molar-refractivity contribution in [3.05, 3.63) is 47.9 Å². The summed E-state index contributed by atoms with van der Waals surface area (Å²) in [4.78, 5) is 22.4. The maximum atomic E-state index is 12.2. The molecule has 2 heterocycles. The van der Waals surface area contributed by atoms with Gasteiger partial charge >= 0.3 is 5.97 Å². The van der Waals surface area contributed by atoms with Gasteiger partial charge in [-0.25, -0.2) is 14.8 Å². The molecular weight excluding hydrogens is 376 g/mol. The first kappa shape index (κ1) is 19.8. The molecule has 0 atom stereocenters. The maximum Gasteiger partial charge on any atom is 0.343 e. The largest absolute Gasteiger partial charge is 0.462 e. The minimum atomic E-state index is -0.468. The molecule has 0 spiro atoms. The maximum absolute atomic E-state index is 12.2. The molecule has 0 bridgehead atoms. The third-order valence-corrected chi connectivity index (χ3v) is 4.45. The normalized spacial score (nSPS) is 10.9. The molecule has 1 aromatic carbocycles. The summed E-state index contributed by atoms with van der Waals surface area (Å²) in [6.45, 7) is 6.18. The Labute approximate surface area is 167 Å². The minimum absolute atomic E-state index is 0.279. The monoisotopic (exact) mass is 398 g/mol. The molecule has 1 N–H and O–H groups in total. The second kappa shape index (κ2) is 8.83. The fraction of sp³-hybridized carbons (Fsp3) is 0.316. The zero-order valence-electron chi connectivity index (χ0n) is 16.2. The number of rotatable bonds is 7. The van der Waals surface area contributed by atoms with Crippen molar-refractivity contribution >= 4 is 29.2 Å². The molecule has 3 rings (SSSR count). The van der Waals surface area contributed by atoms with Crippen LogP contribution in [0.2, 0.25) is 0 Å². The first-order valence-electron chi connectivity index (χ1n) is 8.89. The molecule has 28 heavy (non-hydrogen) atoms. The topological polar surface area (TPSA) is 94.8 Å². The van der Waals surface area contributed by atoms with Crippen LogP contribution in [0.3, 0.4) is 0 Å². The van der Waals surface area contributed by atoms with E-state index in [1.165, 1.54) is 18.0 Å². The number of thioether (sulfide) groups is 1. The summed E-state index contributed by atoms with van der Waals surface area (Å²) in [5.41, 5.74) is 2.75. The van der Waals surface area contributed by atoms with Crippen LogP contribution >= 0.6 is 11.8 Å². The third kappa shape index (κ3) is 4.48. The Morgan fingerprint density at radius 1 is 1.32 bits per heavy atom. The highest BCUT2D eigenvalue weighted by atomic mass is 32.2. The van der Waals surface area contributed by atoms with Gasteiger partial charge < -0.3 is 10.1 Å². The zero-order valence-corrected chi connectivity index (χ0v) is 17.0. The first-order chi connectivity index (χ1) is 13.5. The second-order valence-electron chi connectivity index (χ2n) is 6.23. The van der Waals surface area contributed by atoms with E-state index in [1.54, 1.807) is 17.9 Å². The predicted molar refractivity (Wildman–Crippen MR) is 109 cm³/mol. The standard InChI is InChI=1S/C19H22N6O2S/c1-5-27-18(26)15-10-20-19(28-4)23-17(15)22-13-7-6-8-14(9-13)25-21-11-16(24-25)12(2)3/h6-12H,5H2,1-4H3,(H,20,22,23). The van der Waals surface area contributed by atoms with E-state index < -0.39 is 5.97 Å². The summed E-state index contributed by atoms with van der Waals surface area (Å²) < 4.78 is 5.11. The number of nitrogens with zero attached hydrogens (tertiary/aromatic N) is 5. The van der Waals surface area contributed by atoms with E-state index in [0.29, 0.717) is 16.9 Å². The summed E-state index contributed by atoms with van der Waals surface area (Å²) in [5.74, 6) is 0.226. The summed E-state index contributed by atoms with van der Waals surface area (Å²) in [6, 6.07) is 7.57. The second-order valence-corrected chi connectivity index (χ2v) is 7.00. The van der Waals surface area contributed by atoms with E-state index in [2.05, 4.69) is 39.3 Å². The van der Waals surface area contributed by atoms with Crippen molar-refractivity contribution in [3.8, 4) is 5.69 Å². The Morgan fingerprint density at radius 3 is 2.82 bits per heavy atom. The van der Waals surface area contributed by atoms with Gasteiger partial charge in [0.2, 0.25) is 0 Å². The average molecular weight is 398 g/mol. The molecule has 0 aliphatic heterocycles. The number of carbonyl (C=O) groups is 1. The molecule has 0 saturated heterocycles. The molecule has 0 saturated carbocycles. The van der Waals surface area contributed by atoms with Crippen LogP contribution < -0.4 is 5.32 Å². The molecule has 0 amide bonds. The van der Waals surface area contributed by atoms with Crippen molar-refractivity contribution in [1.29, 1.82) is 0 Å². The SMILES string of the molecule is CCOC(=O)c1cnc(SC)nc1Nc1cccc(-n2ncc(C(C)C)n2)c1. The summed E-state index contributed by atoms with van der Waals surface area (Å²) >= 11 is 1.39. The number of carbonyl (C=O) groups excluding carboxylic acids is 1. The molecule has 3 aromatic rings. The molecule has 8 nitrogen and oxygen atoms in total. The van der Waals surface area contributed by atoms with Crippen LogP contribution in [-0.4, -0.2) is 43.8 Å². The number of benzene rings is 1. The molecular formula is C19H22N6O2S. The number of hydrogen-bond donors (Lipinski definition) is 1. The average Bonchev–Trinajstić information content (AvgIpc) is 3.19. The molecule has 0 fully saturated rings. The van der Waals surface area contributed by atoms with Crippen LogP contribution in [0.5, 0.6) is 0 Å². The van der Waals surface area contributed by atoms with Crippen molar-refractivity contribution in [1.82, 2.24) is 25.0 Å². The number of anilines is 2. The van der Waals surface area contributed by atoms with Gasteiger partial charge in [0.15, 0.2) is 5.16 Å². The smallest absolute Gasteiger partial charge is 0.343 e.